The summed E-state index contributed by atoms with van der Waals surface area (Å²) in [4.78, 5) is 11.2. The average Bonchev–Trinajstić information content (AvgIpc) is 2.35. The van der Waals surface area contributed by atoms with Crippen LogP contribution in [-0.4, -0.2) is 33.4 Å². The first kappa shape index (κ1) is 14.9. The van der Waals surface area contributed by atoms with E-state index in [4.69, 9.17) is 11.6 Å². The molecular formula is C11H14ClNO4S. The smallest absolute Gasteiger partial charge is 0.325 e. The van der Waals surface area contributed by atoms with Crippen molar-refractivity contribution in [3.63, 3.8) is 0 Å². The number of sulfonamides is 1. The first-order valence-corrected chi connectivity index (χ1v) is 7.07. The number of hydrogen-bond donors (Lipinski definition) is 1. The summed E-state index contributed by atoms with van der Waals surface area (Å²) in [5.74, 6) is -0.677. The van der Waals surface area contributed by atoms with E-state index in [0.29, 0.717) is 0 Å². The molecule has 5 nitrogen and oxygen atoms in total. The molecule has 0 aliphatic heterocycles. The Morgan fingerprint density at radius 1 is 1.50 bits per heavy atom. The molecule has 1 aromatic carbocycles. The Kier molecular flexibility index (Phi) is 5.13. The SMILES string of the molecule is COC(=O)C(Cl)CNS(=O)(=O)c1cccc(C)c1. The molecule has 0 aliphatic rings. The molecule has 1 atom stereocenters. The molecule has 7 heteroatoms. The lowest BCUT2D eigenvalue weighted by Gasteiger charge is -2.10. The van der Waals surface area contributed by atoms with Crippen LogP contribution in [0.5, 0.6) is 0 Å². The highest BCUT2D eigenvalue weighted by Gasteiger charge is 2.20. The van der Waals surface area contributed by atoms with Crippen LogP contribution in [0.1, 0.15) is 5.56 Å². The number of hydrogen-bond acceptors (Lipinski definition) is 4. The second-order valence-corrected chi connectivity index (χ2v) is 5.95. The Labute approximate surface area is 111 Å². The quantitative estimate of drug-likeness (QED) is 0.650. The lowest BCUT2D eigenvalue weighted by Crippen LogP contribution is -2.34. The van der Waals surface area contributed by atoms with Gasteiger partial charge >= 0.3 is 5.97 Å². The van der Waals surface area contributed by atoms with E-state index in [-0.39, 0.29) is 11.4 Å². The minimum atomic E-state index is -3.66. The van der Waals surface area contributed by atoms with E-state index >= 15 is 0 Å². The lowest BCUT2D eigenvalue weighted by molar-refractivity contribution is -0.140. The van der Waals surface area contributed by atoms with Crippen LogP contribution >= 0.6 is 11.6 Å². The monoisotopic (exact) mass is 291 g/mol. The van der Waals surface area contributed by atoms with Crippen molar-refractivity contribution < 1.29 is 17.9 Å². The molecule has 0 aromatic heterocycles. The van der Waals surface area contributed by atoms with Gasteiger partial charge in [-0.2, -0.15) is 0 Å². The second kappa shape index (κ2) is 6.17. The number of methoxy groups -OCH3 is 1. The minimum absolute atomic E-state index is 0.135. The van der Waals surface area contributed by atoms with Crippen molar-refractivity contribution in [2.45, 2.75) is 17.2 Å². The van der Waals surface area contributed by atoms with Gasteiger partial charge in [0.2, 0.25) is 10.0 Å². The molecule has 1 unspecified atom stereocenters. The van der Waals surface area contributed by atoms with E-state index in [2.05, 4.69) is 9.46 Å². The van der Waals surface area contributed by atoms with E-state index in [9.17, 15) is 13.2 Å². The molecule has 1 N–H and O–H groups in total. The second-order valence-electron chi connectivity index (χ2n) is 3.66. The number of esters is 1. The van der Waals surface area contributed by atoms with Crippen molar-refractivity contribution in [1.82, 2.24) is 4.72 Å². The Balaban J connectivity index is 2.75. The fraction of sp³-hybridized carbons (Fsp3) is 0.364. The van der Waals surface area contributed by atoms with Crippen molar-refractivity contribution >= 4 is 27.6 Å². The molecular weight excluding hydrogens is 278 g/mol. The summed E-state index contributed by atoms with van der Waals surface area (Å²) in [5, 5.41) is -1.05. The molecule has 100 valence electrons. The van der Waals surface area contributed by atoms with Gasteiger partial charge in [0.1, 0.15) is 5.38 Å². The molecule has 0 amide bonds. The largest absolute Gasteiger partial charge is 0.468 e. The lowest BCUT2D eigenvalue weighted by atomic mass is 10.2. The predicted octanol–water partition coefficient (Wildman–Crippen LogP) is 1.05. The summed E-state index contributed by atoms with van der Waals surface area (Å²) in [6.45, 7) is 1.57. The normalized spacial score (nSPS) is 13.1. The first-order valence-electron chi connectivity index (χ1n) is 5.15. The van der Waals surface area contributed by atoms with Gasteiger partial charge in [-0.15, -0.1) is 11.6 Å². The number of benzene rings is 1. The van der Waals surface area contributed by atoms with Crippen LogP contribution in [0.4, 0.5) is 0 Å². The molecule has 0 spiro atoms. The van der Waals surface area contributed by atoms with E-state index in [1.807, 2.05) is 0 Å². The Morgan fingerprint density at radius 2 is 2.17 bits per heavy atom. The van der Waals surface area contributed by atoms with Gasteiger partial charge in [-0.05, 0) is 24.6 Å². The number of carbonyl (C=O) groups excluding carboxylic acids is 1. The fourth-order valence-electron chi connectivity index (χ4n) is 1.26. The number of aryl methyl sites for hydroxylation is 1. The predicted molar refractivity (Wildman–Crippen MR) is 68.0 cm³/mol. The van der Waals surface area contributed by atoms with E-state index < -0.39 is 21.4 Å². The van der Waals surface area contributed by atoms with Gasteiger partial charge in [-0.25, -0.2) is 13.1 Å². The molecule has 1 rings (SSSR count). The summed E-state index contributed by atoms with van der Waals surface area (Å²) < 4.78 is 30.4. The molecule has 0 bridgehead atoms. The molecule has 0 radical (unpaired) electrons. The van der Waals surface area contributed by atoms with Crippen LogP contribution in [0.2, 0.25) is 0 Å². The zero-order valence-electron chi connectivity index (χ0n) is 10.0. The highest BCUT2D eigenvalue weighted by atomic mass is 35.5. The van der Waals surface area contributed by atoms with Crippen LogP contribution in [0.3, 0.4) is 0 Å². The number of rotatable bonds is 5. The third-order valence-corrected chi connectivity index (χ3v) is 3.96. The Morgan fingerprint density at radius 3 is 2.72 bits per heavy atom. The van der Waals surface area contributed by atoms with Crippen molar-refractivity contribution in [3.8, 4) is 0 Å². The third kappa shape index (κ3) is 3.97. The molecule has 0 saturated carbocycles. The van der Waals surface area contributed by atoms with Gasteiger partial charge in [0.25, 0.3) is 0 Å². The topological polar surface area (TPSA) is 72.5 Å². The average molecular weight is 292 g/mol. The van der Waals surface area contributed by atoms with E-state index in [1.54, 1.807) is 19.1 Å². The Hall–Kier alpha value is -1.11. The third-order valence-electron chi connectivity index (χ3n) is 2.21. The zero-order valence-corrected chi connectivity index (χ0v) is 11.6. The highest BCUT2D eigenvalue weighted by molar-refractivity contribution is 7.89. The zero-order chi connectivity index (χ0) is 13.8. The highest BCUT2D eigenvalue weighted by Crippen LogP contribution is 2.11. The molecule has 1 aromatic rings. The van der Waals surface area contributed by atoms with Gasteiger partial charge in [0.05, 0.1) is 12.0 Å². The van der Waals surface area contributed by atoms with E-state index in [0.717, 1.165) is 5.56 Å². The number of halogens is 1. The molecule has 0 aliphatic carbocycles. The van der Waals surface area contributed by atoms with Gasteiger partial charge in [-0.3, -0.25) is 4.79 Å². The van der Waals surface area contributed by atoms with Crippen LogP contribution in [-0.2, 0) is 19.6 Å². The van der Waals surface area contributed by atoms with Crippen molar-refractivity contribution in [2.24, 2.45) is 0 Å². The van der Waals surface area contributed by atoms with Crippen LogP contribution < -0.4 is 4.72 Å². The fourth-order valence-corrected chi connectivity index (χ4v) is 2.67. The van der Waals surface area contributed by atoms with E-state index in [1.165, 1.54) is 19.2 Å². The molecule has 0 saturated heterocycles. The maximum atomic E-state index is 11.9. The van der Waals surface area contributed by atoms with Gasteiger partial charge < -0.3 is 4.74 Å². The molecule has 18 heavy (non-hydrogen) atoms. The summed E-state index contributed by atoms with van der Waals surface area (Å²) in [6.07, 6.45) is 0. The maximum Gasteiger partial charge on any atom is 0.325 e. The molecule has 0 heterocycles. The number of nitrogens with one attached hydrogen (secondary N) is 1. The summed E-state index contributed by atoms with van der Waals surface area (Å²) in [7, 11) is -2.47. The number of alkyl halides is 1. The van der Waals surface area contributed by atoms with Crippen molar-refractivity contribution in [1.29, 1.82) is 0 Å². The van der Waals surface area contributed by atoms with Crippen LogP contribution in [0.15, 0.2) is 29.2 Å². The summed E-state index contributed by atoms with van der Waals surface area (Å²) in [5.41, 5.74) is 0.827. The van der Waals surface area contributed by atoms with Crippen LogP contribution in [0.25, 0.3) is 0 Å². The Bertz CT molecular complexity index is 530. The van der Waals surface area contributed by atoms with Crippen molar-refractivity contribution in [3.05, 3.63) is 29.8 Å². The maximum absolute atomic E-state index is 11.9. The standard InChI is InChI=1S/C11H14ClNO4S/c1-8-4-3-5-9(6-8)18(15,16)13-7-10(12)11(14)17-2/h3-6,10,13H,7H2,1-2H3. The van der Waals surface area contributed by atoms with Crippen molar-refractivity contribution in [2.75, 3.05) is 13.7 Å². The summed E-state index contributed by atoms with van der Waals surface area (Å²) in [6, 6.07) is 6.43. The summed E-state index contributed by atoms with van der Waals surface area (Å²) >= 11 is 5.65. The first-order chi connectivity index (χ1) is 8.36. The van der Waals surface area contributed by atoms with Gasteiger partial charge in [0, 0.05) is 6.54 Å². The van der Waals surface area contributed by atoms with Crippen LogP contribution in [0, 0.1) is 6.92 Å². The van der Waals surface area contributed by atoms with Gasteiger partial charge in [0.15, 0.2) is 0 Å². The van der Waals surface area contributed by atoms with Gasteiger partial charge in [-0.1, -0.05) is 12.1 Å². The number of carbonyl (C=O) groups is 1. The number of ether oxygens (including phenoxy) is 1. The minimum Gasteiger partial charge on any atom is -0.468 e. The molecule has 0 fully saturated rings.